The van der Waals surface area contributed by atoms with E-state index in [4.69, 9.17) is 0 Å². The summed E-state index contributed by atoms with van der Waals surface area (Å²) in [4.78, 5) is 8.23. The molecule has 0 atom stereocenters. The van der Waals surface area contributed by atoms with Gasteiger partial charge in [0.15, 0.2) is 0 Å². The van der Waals surface area contributed by atoms with Crippen LogP contribution in [0.15, 0.2) is 18.3 Å². The third kappa shape index (κ3) is 1.42. The highest BCUT2D eigenvalue weighted by atomic mass is 32.1. The van der Waals surface area contributed by atoms with Crippen LogP contribution in [0.3, 0.4) is 0 Å². The number of aryl methyl sites for hydroxylation is 2. The van der Waals surface area contributed by atoms with E-state index in [1.165, 1.54) is 14.6 Å². The molecule has 0 fully saturated rings. The molecule has 0 bridgehead atoms. The molecule has 2 rings (SSSR count). The van der Waals surface area contributed by atoms with Gasteiger partial charge in [-0.25, -0.2) is 4.98 Å². The molecule has 0 aliphatic rings. The zero-order valence-electron chi connectivity index (χ0n) is 7.00. The SMILES string of the molecule is Cc1ccc(-c2ncc(C)s2)s1. The van der Waals surface area contributed by atoms with E-state index < -0.39 is 0 Å². The van der Waals surface area contributed by atoms with Crippen LogP contribution >= 0.6 is 22.7 Å². The van der Waals surface area contributed by atoms with E-state index in [-0.39, 0.29) is 0 Å². The summed E-state index contributed by atoms with van der Waals surface area (Å²) in [5.41, 5.74) is 0. The van der Waals surface area contributed by atoms with Crippen molar-refractivity contribution < 1.29 is 0 Å². The highest BCUT2D eigenvalue weighted by Crippen LogP contribution is 2.30. The lowest BCUT2D eigenvalue weighted by Crippen LogP contribution is -1.63. The molecule has 0 saturated carbocycles. The van der Waals surface area contributed by atoms with Gasteiger partial charge in [0.1, 0.15) is 5.01 Å². The first-order chi connectivity index (χ1) is 5.75. The first-order valence-electron chi connectivity index (χ1n) is 3.75. The average Bonchev–Trinajstić information content (AvgIpc) is 2.58. The molecule has 0 spiro atoms. The first kappa shape index (κ1) is 7.95. The van der Waals surface area contributed by atoms with Gasteiger partial charge in [-0.1, -0.05) is 0 Å². The number of hydrogen-bond acceptors (Lipinski definition) is 3. The van der Waals surface area contributed by atoms with Crippen molar-refractivity contribution in [3.8, 4) is 9.88 Å². The van der Waals surface area contributed by atoms with Gasteiger partial charge in [0, 0.05) is 16.0 Å². The number of aromatic nitrogens is 1. The molecule has 3 heteroatoms. The van der Waals surface area contributed by atoms with Crippen LogP contribution < -0.4 is 0 Å². The van der Waals surface area contributed by atoms with Crippen molar-refractivity contribution in [2.75, 3.05) is 0 Å². The van der Waals surface area contributed by atoms with Gasteiger partial charge in [0.25, 0.3) is 0 Å². The van der Waals surface area contributed by atoms with E-state index in [9.17, 15) is 0 Å². The number of nitrogens with zero attached hydrogens (tertiary/aromatic N) is 1. The van der Waals surface area contributed by atoms with Crippen molar-refractivity contribution in [2.45, 2.75) is 13.8 Å². The van der Waals surface area contributed by atoms with Crippen LogP contribution in [-0.2, 0) is 0 Å². The standard InChI is InChI=1S/C9H9NS2/c1-6-3-4-8(11-6)9-10-5-7(2)12-9/h3-5H,1-2H3. The average molecular weight is 195 g/mol. The number of thiazole rings is 1. The van der Waals surface area contributed by atoms with Gasteiger partial charge in [-0.3, -0.25) is 0 Å². The van der Waals surface area contributed by atoms with Gasteiger partial charge in [-0.05, 0) is 26.0 Å². The summed E-state index contributed by atoms with van der Waals surface area (Å²) in [6, 6.07) is 4.27. The van der Waals surface area contributed by atoms with Gasteiger partial charge in [-0.15, -0.1) is 22.7 Å². The molecular weight excluding hydrogens is 186 g/mol. The molecule has 0 radical (unpaired) electrons. The van der Waals surface area contributed by atoms with E-state index in [1.807, 2.05) is 6.20 Å². The van der Waals surface area contributed by atoms with Crippen LogP contribution in [0.1, 0.15) is 9.75 Å². The lowest BCUT2D eigenvalue weighted by Gasteiger charge is -1.85. The number of hydrogen-bond donors (Lipinski definition) is 0. The second-order valence-electron chi connectivity index (χ2n) is 2.69. The second kappa shape index (κ2) is 2.99. The van der Waals surface area contributed by atoms with E-state index in [2.05, 4.69) is 31.0 Å². The molecule has 0 amide bonds. The van der Waals surface area contributed by atoms with Crippen LogP contribution in [0.25, 0.3) is 9.88 Å². The zero-order valence-corrected chi connectivity index (χ0v) is 8.63. The van der Waals surface area contributed by atoms with Crippen molar-refractivity contribution in [1.82, 2.24) is 4.98 Å². The van der Waals surface area contributed by atoms with E-state index in [1.54, 1.807) is 22.7 Å². The highest BCUT2D eigenvalue weighted by Gasteiger charge is 2.03. The lowest BCUT2D eigenvalue weighted by molar-refractivity contribution is 1.39. The molecule has 62 valence electrons. The number of rotatable bonds is 1. The summed E-state index contributed by atoms with van der Waals surface area (Å²) in [6.45, 7) is 4.20. The Bertz CT molecular complexity index is 348. The Balaban J connectivity index is 2.43. The van der Waals surface area contributed by atoms with Crippen molar-refractivity contribution >= 4 is 22.7 Å². The predicted molar refractivity (Wildman–Crippen MR) is 54.9 cm³/mol. The normalized spacial score (nSPS) is 10.5. The molecule has 2 aromatic rings. The molecule has 0 aliphatic heterocycles. The van der Waals surface area contributed by atoms with Crippen LogP contribution in [0.4, 0.5) is 0 Å². The fourth-order valence-electron chi connectivity index (χ4n) is 1.02. The topological polar surface area (TPSA) is 12.9 Å². The van der Waals surface area contributed by atoms with E-state index in [0.717, 1.165) is 5.01 Å². The van der Waals surface area contributed by atoms with E-state index in [0.29, 0.717) is 0 Å². The summed E-state index contributed by atoms with van der Waals surface area (Å²) in [5, 5.41) is 1.14. The van der Waals surface area contributed by atoms with Gasteiger partial charge < -0.3 is 0 Å². The first-order valence-corrected chi connectivity index (χ1v) is 5.38. The van der Waals surface area contributed by atoms with Crippen LogP contribution in [-0.4, -0.2) is 4.98 Å². The Labute approximate surface area is 79.7 Å². The Hall–Kier alpha value is -0.670. The fourth-order valence-corrected chi connectivity index (χ4v) is 2.71. The molecule has 2 heterocycles. The largest absolute Gasteiger partial charge is 0.243 e. The minimum absolute atomic E-state index is 1.14. The van der Waals surface area contributed by atoms with Crippen LogP contribution in [0, 0.1) is 13.8 Å². The van der Waals surface area contributed by atoms with E-state index >= 15 is 0 Å². The van der Waals surface area contributed by atoms with Gasteiger partial charge in [-0.2, -0.15) is 0 Å². The molecule has 0 unspecified atom stereocenters. The van der Waals surface area contributed by atoms with Crippen molar-refractivity contribution in [3.63, 3.8) is 0 Å². The highest BCUT2D eigenvalue weighted by molar-refractivity contribution is 7.21. The third-order valence-corrected chi connectivity index (χ3v) is 3.66. The summed E-state index contributed by atoms with van der Waals surface area (Å²) >= 11 is 3.56. The Morgan fingerprint density at radius 1 is 1.08 bits per heavy atom. The third-order valence-electron chi connectivity index (χ3n) is 1.57. The lowest BCUT2D eigenvalue weighted by atomic mass is 10.4. The maximum absolute atomic E-state index is 4.33. The number of thiophene rings is 1. The maximum Gasteiger partial charge on any atom is 0.133 e. The smallest absolute Gasteiger partial charge is 0.133 e. The summed E-state index contributed by atoms with van der Waals surface area (Å²) in [6.07, 6.45) is 1.93. The fraction of sp³-hybridized carbons (Fsp3) is 0.222. The quantitative estimate of drug-likeness (QED) is 0.678. The molecule has 0 aliphatic carbocycles. The van der Waals surface area contributed by atoms with Crippen LogP contribution in [0.2, 0.25) is 0 Å². The summed E-state index contributed by atoms with van der Waals surface area (Å²) < 4.78 is 0. The molecule has 0 aromatic carbocycles. The summed E-state index contributed by atoms with van der Waals surface area (Å²) in [7, 11) is 0. The van der Waals surface area contributed by atoms with Crippen molar-refractivity contribution in [2.24, 2.45) is 0 Å². The second-order valence-corrected chi connectivity index (χ2v) is 5.21. The predicted octanol–water partition coefficient (Wildman–Crippen LogP) is 3.49. The van der Waals surface area contributed by atoms with Crippen molar-refractivity contribution in [1.29, 1.82) is 0 Å². The van der Waals surface area contributed by atoms with Crippen LogP contribution in [0.5, 0.6) is 0 Å². The van der Waals surface area contributed by atoms with Gasteiger partial charge in [0.05, 0.1) is 4.88 Å². The molecular formula is C9H9NS2. The van der Waals surface area contributed by atoms with Gasteiger partial charge in [0.2, 0.25) is 0 Å². The molecule has 12 heavy (non-hydrogen) atoms. The summed E-state index contributed by atoms with van der Waals surface area (Å²) in [5.74, 6) is 0. The van der Waals surface area contributed by atoms with Gasteiger partial charge >= 0.3 is 0 Å². The maximum atomic E-state index is 4.33. The Morgan fingerprint density at radius 3 is 2.42 bits per heavy atom. The monoisotopic (exact) mass is 195 g/mol. The van der Waals surface area contributed by atoms with Crippen molar-refractivity contribution in [3.05, 3.63) is 28.1 Å². The molecule has 2 aromatic heterocycles. The Kier molecular flexibility index (Phi) is 1.98. The molecule has 0 N–H and O–H groups in total. The zero-order chi connectivity index (χ0) is 8.55. The minimum atomic E-state index is 1.14. The Morgan fingerprint density at radius 2 is 1.92 bits per heavy atom. The minimum Gasteiger partial charge on any atom is -0.243 e. The molecule has 1 nitrogen and oxygen atoms in total. The molecule has 0 saturated heterocycles.